The number of benzene rings is 1. The van der Waals surface area contributed by atoms with E-state index in [-0.39, 0.29) is 5.54 Å². The van der Waals surface area contributed by atoms with Crippen LogP contribution in [-0.4, -0.2) is 30.1 Å². The smallest absolute Gasteiger partial charge is 0.219 e. The maximum atomic E-state index is 5.74. The van der Waals surface area contributed by atoms with Crippen molar-refractivity contribution in [3.63, 3.8) is 0 Å². The van der Waals surface area contributed by atoms with Gasteiger partial charge in [-0.05, 0) is 57.5 Å². The van der Waals surface area contributed by atoms with Gasteiger partial charge in [0.2, 0.25) is 5.88 Å². The van der Waals surface area contributed by atoms with E-state index in [0.717, 1.165) is 23.8 Å². The van der Waals surface area contributed by atoms with Gasteiger partial charge in [0.25, 0.3) is 0 Å². The Morgan fingerprint density at radius 3 is 2.31 bits per heavy atom. The van der Waals surface area contributed by atoms with Crippen LogP contribution in [0, 0.1) is 0 Å². The normalized spacial score (nSPS) is 11.8. The lowest BCUT2D eigenvalue weighted by Crippen LogP contribution is -2.47. The predicted octanol–water partition coefficient (Wildman–Crippen LogP) is 3.74. The highest BCUT2D eigenvalue weighted by atomic mass is 16.5. The highest BCUT2D eigenvalue weighted by molar-refractivity contribution is 5.80. The van der Waals surface area contributed by atoms with Crippen molar-refractivity contribution in [2.45, 2.75) is 39.8 Å². The SMILES string of the molecule is CCNC(=NCc1ccc(Oc2ccc(OC)cc2)nc1)NC(C)(C)C. The van der Waals surface area contributed by atoms with Crippen LogP contribution in [0.25, 0.3) is 0 Å². The Balaban J connectivity index is 1.98. The summed E-state index contributed by atoms with van der Waals surface area (Å²) in [6.07, 6.45) is 1.78. The van der Waals surface area contributed by atoms with Gasteiger partial charge in [0.05, 0.1) is 13.7 Å². The average molecular weight is 356 g/mol. The number of rotatable bonds is 6. The minimum Gasteiger partial charge on any atom is -0.497 e. The standard InChI is InChI=1S/C20H28N4O2/c1-6-21-19(24-20(2,3)4)23-14-15-7-12-18(22-13-15)26-17-10-8-16(25-5)9-11-17/h7-13H,6,14H2,1-5H3,(H2,21,23,24). The molecule has 6 heteroatoms. The first-order chi connectivity index (χ1) is 12.4. The van der Waals surface area contributed by atoms with Gasteiger partial charge in [-0.2, -0.15) is 0 Å². The lowest BCUT2D eigenvalue weighted by Gasteiger charge is -2.23. The molecule has 2 aromatic rings. The molecule has 1 heterocycles. The van der Waals surface area contributed by atoms with E-state index in [0.29, 0.717) is 18.2 Å². The van der Waals surface area contributed by atoms with Gasteiger partial charge in [0.1, 0.15) is 11.5 Å². The number of pyridine rings is 1. The molecule has 140 valence electrons. The van der Waals surface area contributed by atoms with Crippen LogP contribution in [0.3, 0.4) is 0 Å². The molecule has 1 aromatic carbocycles. The number of ether oxygens (including phenoxy) is 2. The van der Waals surface area contributed by atoms with Crippen LogP contribution in [-0.2, 0) is 6.54 Å². The van der Waals surface area contributed by atoms with E-state index >= 15 is 0 Å². The molecule has 0 amide bonds. The minimum atomic E-state index is -0.0463. The molecule has 6 nitrogen and oxygen atoms in total. The number of methoxy groups -OCH3 is 1. The Labute approximate surface area is 155 Å². The topological polar surface area (TPSA) is 67.8 Å². The monoisotopic (exact) mass is 356 g/mol. The van der Waals surface area contributed by atoms with Crippen molar-refractivity contribution in [1.82, 2.24) is 15.6 Å². The highest BCUT2D eigenvalue weighted by Gasteiger charge is 2.11. The molecule has 2 rings (SSSR count). The number of guanidine groups is 1. The molecule has 0 aliphatic rings. The molecule has 0 saturated heterocycles. The molecule has 0 unspecified atom stereocenters. The van der Waals surface area contributed by atoms with Crippen molar-refractivity contribution in [3.8, 4) is 17.4 Å². The average Bonchev–Trinajstić information content (AvgIpc) is 2.60. The Hall–Kier alpha value is -2.76. The second-order valence-electron chi connectivity index (χ2n) is 6.85. The number of aliphatic imine (C=N–C) groups is 1. The van der Waals surface area contributed by atoms with Gasteiger partial charge >= 0.3 is 0 Å². The summed E-state index contributed by atoms with van der Waals surface area (Å²) in [5.74, 6) is 2.84. The largest absolute Gasteiger partial charge is 0.497 e. The third-order valence-corrected chi connectivity index (χ3v) is 3.34. The van der Waals surface area contributed by atoms with Crippen molar-refractivity contribution >= 4 is 5.96 Å². The molecule has 0 fully saturated rings. The maximum absolute atomic E-state index is 5.74. The van der Waals surface area contributed by atoms with Crippen LogP contribution in [0.15, 0.2) is 47.6 Å². The van der Waals surface area contributed by atoms with E-state index < -0.39 is 0 Å². The summed E-state index contributed by atoms with van der Waals surface area (Å²) in [5, 5.41) is 6.61. The van der Waals surface area contributed by atoms with Gasteiger partial charge in [-0.3, -0.25) is 0 Å². The molecule has 0 atom stereocenters. The second kappa shape index (κ2) is 9.08. The number of nitrogens with zero attached hydrogens (tertiary/aromatic N) is 2. The molecular weight excluding hydrogens is 328 g/mol. The summed E-state index contributed by atoms with van der Waals surface area (Å²) < 4.78 is 10.9. The summed E-state index contributed by atoms with van der Waals surface area (Å²) in [5.41, 5.74) is 0.966. The van der Waals surface area contributed by atoms with E-state index in [1.807, 2.05) is 43.3 Å². The predicted molar refractivity (Wildman–Crippen MR) is 105 cm³/mol. The van der Waals surface area contributed by atoms with E-state index in [9.17, 15) is 0 Å². The van der Waals surface area contributed by atoms with E-state index in [4.69, 9.17) is 9.47 Å². The second-order valence-corrected chi connectivity index (χ2v) is 6.85. The van der Waals surface area contributed by atoms with E-state index in [1.54, 1.807) is 13.3 Å². The molecule has 1 aromatic heterocycles. The third-order valence-electron chi connectivity index (χ3n) is 3.34. The fourth-order valence-corrected chi connectivity index (χ4v) is 2.16. The zero-order valence-electron chi connectivity index (χ0n) is 16.2. The number of hydrogen-bond donors (Lipinski definition) is 2. The maximum Gasteiger partial charge on any atom is 0.219 e. The molecule has 0 radical (unpaired) electrons. The molecule has 0 bridgehead atoms. The zero-order chi connectivity index (χ0) is 19.0. The Morgan fingerprint density at radius 1 is 1.08 bits per heavy atom. The van der Waals surface area contributed by atoms with Crippen molar-refractivity contribution in [2.75, 3.05) is 13.7 Å². The first-order valence-corrected chi connectivity index (χ1v) is 8.73. The molecule has 0 spiro atoms. The quantitative estimate of drug-likeness (QED) is 0.610. The summed E-state index contributed by atoms with van der Waals surface area (Å²) in [7, 11) is 1.64. The van der Waals surface area contributed by atoms with Crippen molar-refractivity contribution < 1.29 is 9.47 Å². The number of nitrogens with one attached hydrogen (secondary N) is 2. The fraction of sp³-hybridized carbons (Fsp3) is 0.400. The van der Waals surface area contributed by atoms with Crippen molar-refractivity contribution in [1.29, 1.82) is 0 Å². The van der Waals surface area contributed by atoms with E-state index in [1.165, 1.54) is 0 Å². The van der Waals surface area contributed by atoms with Gasteiger partial charge in [-0.15, -0.1) is 0 Å². The minimum absolute atomic E-state index is 0.0463. The van der Waals surface area contributed by atoms with Crippen molar-refractivity contribution in [2.24, 2.45) is 4.99 Å². The molecule has 0 aliphatic carbocycles. The summed E-state index contributed by atoms with van der Waals surface area (Å²) >= 11 is 0. The molecule has 0 aliphatic heterocycles. The van der Waals surface area contributed by atoms with Crippen LogP contribution in [0.4, 0.5) is 0 Å². The molecule has 0 saturated carbocycles. The number of hydrogen-bond acceptors (Lipinski definition) is 4. The summed E-state index contributed by atoms with van der Waals surface area (Å²) in [6.45, 7) is 9.72. The van der Waals surface area contributed by atoms with Crippen LogP contribution >= 0.6 is 0 Å². The Bertz CT molecular complexity index is 704. The highest BCUT2D eigenvalue weighted by Crippen LogP contribution is 2.22. The van der Waals surface area contributed by atoms with Gasteiger partial charge in [0, 0.05) is 24.3 Å². The molecule has 26 heavy (non-hydrogen) atoms. The first kappa shape index (κ1) is 19.6. The van der Waals surface area contributed by atoms with Gasteiger partial charge in [0.15, 0.2) is 5.96 Å². The van der Waals surface area contributed by atoms with Crippen LogP contribution in [0.2, 0.25) is 0 Å². The van der Waals surface area contributed by atoms with Gasteiger partial charge in [-0.1, -0.05) is 6.07 Å². The summed E-state index contributed by atoms with van der Waals surface area (Å²) in [4.78, 5) is 8.95. The Kier molecular flexibility index (Phi) is 6.83. The van der Waals surface area contributed by atoms with Crippen LogP contribution in [0.1, 0.15) is 33.3 Å². The zero-order valence-corrected chi connectivity index (χ0v) is 16.2. The molecule has 2 N–H and O–H groups in total. The third kappa shape index (κ3) is 6.63. The van der Waals surface area contributed by atoms with Crippen molar-refractivity contribution in [3.05, 3.63) is 48.2 Å². The van der Waals surface area contributed by atoms with Gasteiger partial charge < -0.3 is 20.1 Å². The first-order valence-electron chi connectivity index (χ1n) is 8.73. The van der Waals surface area contributed by atoms with E-state index in [2.05, 4.69) is 41.4 Å². The number of aromatic nitrogens is 1. The fourth-order valence-electron chi connectivity index (χ4n) is 2.16. The van der Waals surface area contributed by atoms with Crippen LogP contribution in [0.5, 0.6) is 17.4 Å². The lowest BCUT2D eigenvalue weighted by atomic mass is 10.1. The summed E-state index contributed by atoms with van der Waals surface area (Å²) in [6, 6.07) is 11.2. The molecular formula is C20H28N4O2. The van der Waals surface area contributed by atoms with Gasteiger partial charge in [-0.25, -0.2) is 9.98 Å². The Morgan fingerprint density at radius 2 is 1.77 bits per heavy atom. The van der Waals surface area contributed by atoms with Crippen LogP contribution < -0.4 is 20.1 Å². The lowest BCUT2D eigenvalue weighted by molar-refractivity contribution is 0.412.